The van der Waals surface area contributed by atoms with E-state index in [2.05, 4.69) is 31.2 Å². The standard InChI is InChI=1S/C24H32N2O3S/c1-5-20-7-9-21(10-8-20)17-25(4)24(27)22-12-14-26(15-13-22)30(28,29)23-11-6-18(2)19(3)16-23/h6-11,16,22H,5,12-15,17H2,1-4H3. The van der Waals surface area contributed by atoms with Crippen LogP contribution >= 0.6 is 0 Å². The van der Waals surface area contributed by atoms with Crippen LogP contribution in [0.1, 0.15) is 42.0 Å². The Balaban J connectivity index is 1.59. The van der Waals surface area contributed by atoms with Gasteiger partial charge in [-0.1, -0.05) is 37.3 Å². The molecule has 30 heavy (non-hydrogen) atoms. The molecule has 0 saturated carbocycles. The summed E-state index contributed by atoms with van der Waals surface area (Å²) < 4.78 is 27.5. The highest BCUT2D eigenvalue weighted by atomic mass is 32.2. The molecule has 2 aromatic carbocycles. The van der Waals surface area contributed by atoms with E-state index in [1.807, 2.05) is 27.0 Å². The molecule has 1 amide bonds. The maximum atomic E-state index is 13.0. The van der Waals surface area contributed by atoms with Gasteiger partial charge in [0.15, 0.2) is 0 Å². The third-order valence-corrected chi connectivity index (χ3v) is 8.04. The predicted molar refractivity (Wildman–Crippen MR) is 120 cm³/mol. The lowest BCUT2D eigenvalue weighted by Gasteiger charge is -2.32. The number of benzene rings is 2. The van der Waals surface area contributed by atoms with E-state index in [1.54, 1.807) is 17.0 Å². The average molecular weight is 429 g/mol. The van der Waals surface area contributed by atoms with Crippen molar-refractivity contribution in [3.8, 4) is 0 Å². The van der Waals surface area contributed by atoms with E-state index in [0.29, 0.717) is 37.4 Å². The molecule has 0 aromatic heterocycles. The Bertz CT molecular complexity index is 992. The lowest BCUT2D eigenvalue weighted by molar-refractivity contribution is -0.135. The summed E-state index contributed by atoms with van der Waals surface area (Å²) in [7, 11) is -1.69. The van der Waals surface area contributed by atoms with Gasteiger partial charge in [-0.05, 0) is 67.5 Å². The number of hydrogen-bond donors (Lipinski definition) is 0. The lowest BCUT2D eigenvalue weighted by atomic mass is 9.96. The van der Waals surface area contributed by atoms with Gasteiger partial charge in [0, 0.05) is 32.6 Å². The highest BCUT2D eigenvalue weighted by molar-refractivity contribution is 7.89. The Hall–Kier alpha value is -2.18. The van der Waals surface area contributed by atoms with Crippen LogP contribution in [0.3, 0.4) is 0 Å². The zero-order valence-corrected chi connectivity index (χ0v) is 19.2. The highest BCUT2D eigenvalue weighted by Crippen LogP contribution is 2.26. The molecule has 6 heteroatoms. The molecular weight excluding hydrogens is 396 g/mol. The van der Waals surface area contributed by atoms with Gasteiger partial charge in [-0.15, -0.1) is 0 Å². The molecule has 1 saturated heterocycles. The van der Waals surface area contributed by atoms with Crippen LogP contribution in [0.5, 0.6) is 0 Å². The summed E-state index contributed by atoms with van der Waals surface area (Å²) in [6.07, 6.45) is 2.11. The minimum atomic E-state index is -3.52. The number of carbonyl (C=O) groups is 1. The van der Waals surface area contributed by atoms with Crippen LogP contribution in [0.2, 0.25) is 0 Å². The van der Waals surface area contributed by atoms with Crippen molar-refractivity contribution < 1.29 is 13.2 Å². The van der Waals surface area contributed by atoms with Crippen molar-refractivity contribution in [3.63, 3.8) is 0 Å². The van der Waals surface area contributed by atoms with Crippen molar-refractivity contribution in [2.45, 2.75) is 51.5 Å². The monoisotopic (exact) mass is 428 g/mol. The van der Waals surface area contributed by atoms with Crippen LogP contribution in [0.25, 0.3) is 0 Å². The molecule has 0 radical (unpaired) electrons. The van der Waals surface area contributed by atoms with Crippen molar-refractivity contribution in [2.24, 2.45) is 5.92 Å². The van der Waals surface area contributed by atoms with Gasteiger partial charge in [-0.3, -0.25) is 4.79 Å². The number of rotatable bonds is 6. The van der Waals surface area contributed by atoms with E-state index in [9.17, 15) is 13.2 Å². The van der Waals surface area contributed by atoms with Gasteiger partial charge in [0.05, 0.1) is 4.90 Å². The number of amides is 1. The molecule has 5 nitrogen and oxygen atoms in total. The largest absolute Gasteiger partial charge is 0.341 e. The van der Waals surface area contributed by atoms with E-state index in [1.165, 1.54) is 9.87 Å². The Labute approximate surface area is 180 Å². The van der Waals surface area contributed by atoms with Crippen LogP contribution in [-0.2, 0) is 27.8 Å². The van der Waals surface area contributed by atoms with E-state index in [4.69, 9.17) is 0 Å². The number of piperidine rings is 1. The molecule has 0 unspecified atom stereocenters. The number of hydrogen-bond acceptors (Lipinski definition) is 3. The number of carbonyl (C=O) groups excluding carboxylic acids is 1. The van der Waals surface area contributed by atoms with Crippen LogP contribution in [-0.4, -0.2) is 43.7 Å². The number of nitrogens with zero attached hydrogens (tertiary/aromatic N) is 2. The molecule has 0 N–H and O–H groups in total. The fourth-order valence-corrected chi connectivity index (χ4v) is 5.47. The van der Waals surface area contributed by atoms with Crippen LogP contribution in [0.4, 0.5) is 0 Å². The molecule has 1 aliphatic rings. The summed E-state index contributed by atoms with van der Waals surface area (Å²) in [5.74, 6) is -0.0334. The molecule has 0 aliphatic carbocycles. The molecule has 1 aliphatic heterocycles. The maximum absolute atomic E-state index is 13.0. The molecule has 162 valence electrons. The molecule has 1 heterocycles. The molecule has 0 bridgehead atoms. The second-order valence-electron chi connectivity index (χ2n) is 8.29. The van der Waals surface area contributed by atoms with Crippen molar-refractivity contribution in [3.05, 3.63) is 64.7 Å². The first-order valence-electron chi connectivity index (χ1n) is 10.6. The molecule has 1 fully saturated rings. The van der Waals surface area contributed by atoms with Gasteiger partial charge in [-0.25, -0.2) is 8.42 Å². The third kappa shape index (κ3) is 4.93. The zero-order chi connectivity index (χ0) is 21.9. The van der Waals surface area contributed by atoms with E-state index >= 15 is 0 Å². The van der Waals surface area contributed by atoms with Crippen molar-refractivity contribution in [1.82, 2.24) is 9.21 Å². The van der Waals surface area contributed by atoms with Crippen LogP contribution < -0.4 is 0 Å². The Morgan fingerprint density at radius 3 is 2.17 bits per heavy atom. The second kappa shape index (κ2) is 9.31. The van der Waals surface area contributed by atoms with Crippen molar-refractivity contribution in [1.29, 1.82) is 0 Å². The number of aryl methyl sites for hydroxylation is 3. The summed E-state index contributed by atoms with van der Waals surface area (Å²) in [5, 5.41) is 0. The van der Waals surface area contributed by atoms with Gasteiger partial charge in [0.1, 0.15) is 0 Å². The SMILES string of the molecule is CCc1ccc(CN(C)C(=O)C2CCN(S(=O)(=O)c3ccc(C)c(C)c3)CC2)cc1. The summed E-state index contributed by atoms with van der Waals surface area (Å²) >= 11 is 0. The Morgan fingerprint density at radius 1 is 1.00 bits per heavy atom. The average Bonchev–Trinajstić information content (AvgIpc) is 2.75. The molecule has 3 rings (SSSR count). The van der Waals surface area contributed by atoms with Crippen molar-refractivity contribution in [2.75, 3.05) is 20.1 Å². The lowest BCUT2D eigenvalue weighted by Crippen LogP contribution is -2.43. The topological polar surface area (TPSA) is 57.7 Å². The summed E-state index contributed by atoms with van der Waals surface area (Å²) in [6.45, 7) is 7.35. The molecular formula is C24H32N2O3S. The Kier molecular flexibility index (Phi) is 6.98. The Morgan fingerprint density at radius 2 is 1.60 bits per heavy atom. The molecule has 2 aromatic rings. The van der Waals surface area contributed by atoms with E-state index < -0.39 is 10.0 Å². The van der Waals surface area contributed by atoms with Gasteiger partial charge in [-0.2, -0.15) is 4.31 Å². The van der Waals surface area contributed by atoms with Gasteiger partial charge in [0.2, 0.25) is 15.9 Å². The summed E-state index contributed by atoms with van der Waals surface area (Å²) in [4.78, 5) is 15.0. The minimum absolute atomic E-state index is 0.0952. The first-order chi connectivity index (χ1) is 14.2. The second-order valence-corrected chi connectivity index (χ2v) is 10.2. The summed E-state index contributed by atoms with van der Waals surface area (Å²) in [5.41, 5.74) is 4.43. The predicted octanol–water partition coefficient (Wildman–Crippen LogP) is 3.93. The smallest absolute Gasteiger partial charge is 0.243 e. The van der Waals surface area contributed by atoms with Gasteiger partial charge < -0.3 is 4.90 Å². The fourth-order valence-electron chi connectivity index (χ4n) is 3.91. The molecule has 0 atom stereocenters. The first-order valence-corrected chi connectivity index (χ1v) is 12.1. The van der Waals surface area contributed by atoms with Gasteiger partial charge >= 0.3 is 0 Å². The fraction of sp³-hybridized carbons (Fsp3) is 0.458. The zero-order valence-electron chi connectivity index (χ0n) is 18.4. The van der Waals surface area contributed by atoms with Gasteiger partial charge in [0.25, 0.3) is 0 Å². The maximum Gasteiger partial charge on any atom is 0.243 e. The van der Waals surface area contributed by atoms with E-state index in [-0.39, 0.29) is 11.8 Å². The minimum Gasteiger partial charge on any atom is -0.341 e. The van der Waals surface area contributed by atoms with Crippen molar-refractivity contribution >= 4 is 15.9 Å². The van der Waals surface area contributed by atoms with Crippen LogP contribution in [0.15, 0.2) is 47.4 Å². The molecule has 0 spiro atoms. The van der Waals surface area contributed by atoms with Crippen LogP contribution in [0, 0.1) is 19.8 Å². The quantitative estimate of drug-likeness (QED) is 0.701. The normalized spacial score (nSPS) is 15.9. The van der Waals surface area contributed by atoms with E-state index in [0.717, 1.165) is 23.1 Å². The third-order valence-electron chi connectivity index (χ3n) is 6.15. The first kappa shape index (κ1) is 22.5. The highest BCUT2D eigenvalue weighted by Gasteiger charge is 2.33. The number of sulfonamides is 1. The summed E-state index contributed by atoms with van der Waals surface area (Å²) in [6, 6.07) is 13.6.